The van der Waals surface area contributed by atoms with Gasteiger partial charge in [-0.1, -0.05) is 0 Å². The molecule has 0 aliphatic carbocycles. The van der Waals surface area contributed by atoms with E-state index in [9.17, 15) is 44.1 Å². The summed E-state index contributed by atoms with van der Waals surface area (Å²) in [4.78, 5) is 59.6. The van der Waals surface area contributed by atoms with Crippen molar-refractivity contribution >= 4 is 53.2 Å². The monoisotopic (exact) mass is 420 g/mol. The zero-order valence-corrected chi connectivity index (χ0v) is 16.9. The molecule has 0 rings (SSSR count). The van der Waals surface area contributed by atoms with Crippen LogP contribution in [0.4, 0.5) is 0 Å². The van der Waals surface area contributed by atoms with Crippen molar-refractivity contribution in [1.82, 2.24) is 0 Å². The number of rotatable bonds is 9. The number of aliphatic carboxylic acids is 3. The Balaban J connectivity index is -0.000000152. The predicted octanol–water partition coefficient (Wildman–Crippen LogP) is -4.31. The van der Waals surface area contributed by atoms with Crippen molar-refractivity contribution in [2.24, 2.45) is 0 Å². The van der Waals surface area contributed by atoms with Gasteiger partial charge in [0.05, 0.1) is 57.0 Å². The smallest absolute Gasteiger partial charge is 0.550 e. The second kappa shape index (κ2) is 22.4. The Labute approximate surface area is 171 Å². The second-order valence-corrected chi connectivity index (χ2v) is 4.06. The van der Waals surface area contributed by atoms with E-state index in [2.05, 4.69) is 14.2 Å². The minimum Gasteiger partial charge on any atom is -0.550 e. The summed E-state index contributed by atoms with van der Waals surface area (Å²) in [6.07, 6.45) is -1.98. The third-order valence-electron chi connectivity index (χ3n) is 1.78. The molecule has 0 fully saturated rings. The molecule has 0 N–H and O–H groups in total. The fourth-order valence-electron chi connectivity index (χ4n) is 0.990. The van der Waals surface area contributed by atoms with Gasteiger partial charge >= 0.3 is 35.3 Å². The molecule has 0 unspecified atom stereocenters. The van der Waals surface area contributed by atoms with Gasteiger partial charge in [-0.25, -0.2) is 0 Å². The van der Waals surface area contributed by atoms with Gasteiger partial charge in [-0.3, -0.25) is 14.4 Å². The number of esters is 3. The first-order valence-corrected chi connectivity index (χ1v) is 7.56. The van der Waals surface area contributed by atoms with Crippen LogP contribution in [-0.2, 0) is 43.0 Å². The maximum absolute atomic E-state index is 10.2. The molecule has 0 spiro atoms. The predicted molar refractivity (Wildman–Crippen MR) is 84.5 cm³/mol. The molecule has 12 nitrogen and oxygen atoms in total. The van der Waals surface area contributed by atoms with Crippen molar-refractivity contribution in [2.45, 2.75) is 40.0 Å². The maximum atomic E-state index is 10.2. The molecule has 0 saturated heterocycles. The molecule has 0 heterocycles. The van der Waals surface area contributed by atoms with Crippen molar-refractivity contribution in [3.8, 4) is 0 Å². The van der Waals surface area contributed by atoms with Crippen LogP contribution in [0, 0.1) is 0 Å². The normalized spacial score (nSPS) is 8.25. The Morgan fingerprint density at radius 1 is 0.536 bits per heavy atom. The number of carboxylic acid groups (broad SMARTS) is 3. The first kappa shape index (κ1) is 33.0. The number of hydrogen-bond donors (Lipinski definition) is 0. The zero-order valence-electron chi connectivity index (χ0n) is 15.7. The first-order valence-electron chi connectivity index (χ1n) is 7.56. The van der Waals surface area contributed by atoms with E-state index in [-0.39, 0.29) is 37.2 Å². The Morgan fingerprint density at radius 3 is 0.821 bits per heavy atom. The van der Waals surface area contributed by atoms with Gasteiger partial charge in [0.2, 0.25) is 0 Å². The molecule has 0 amide bonds. The molecule has 0 saturated carbocycles. The van der Waals surface area contributed by atoms with Crippen molar-refractivity contribution in [2.75, 3.05) is 19.8 Å². The summed E-state index contributed by atoms with van der Waals surface area (Å²) in [5.41, 5.74) is 0. The van der Waals surface area contributed by atoms with Crippen LogP contribution >= 0.6 is 0 Å². The minimum atomic E-state index is -1.41. The van der Waals surface area contributed by atoms with Gasteiger partial charge in [0.15, 0.2) is 0 Å². The van der Waals surface area contributed by atoms with E-state index in [1.54, 1.807) is 20.8 Å². The Morgan fingerprint density at radius 2 is 0.714 bits per heavy atom. The van der Waals surface area contributed by atoms with E-state index in [0.717, 1.165) is 0 Å². The maximum Gasteiger partial charge on any atom is 3.00 e. The van der Waals surface area contributed by atoms with E-state index in [0.29, 0.717) is 0 Å². The summed E-state index contributed by atoms with van der Waals surface area (Å²) in [5.74, 6) is -6.48. The van der Waals surface area contributed by atoms with Crippen molar-refractivity contribution < 1.29 is 58.3 Å². The molecular formula is C15H21AlO12. The largest absolute Gasteiger partial charge is 3.00 e. The number of carbonyl (C=O) groups is 6. The van der Waals surface area contributed by atoms with Crippen molar-refractivity contribution in [1.29, 1.82) is 0 Å². The van der Waals surface area contributed by atoms with Crippen LogP contribution < -0.4 is 15.3 Å². The van der Waals surface area contributed by atoms with Crippen LogP contribution in [0.2, 0.25) is 0 Å². The molecule has 0 atom stereocenters. The third kappa shape index (κ3) is 34.6. The van der Waals surface area contributed by atoms with Crippen LogP contribution in [0.15, 0.2) is 0 Å². The SMILES string of the molecule is CCOC(=O)CC(=O)[O-].CCOC(=O)CC(=O)[O-].CCOC(=O)CC(=O)[O-].[Al+3]. The third-order valence-corrected chi connectivity index (χ3v) is 1.78. The van der Waals surface area contributed by atoms with Gasteiger partial charge in [0.1, 0.15) is 0 Å². The summed E-state index contributed by atoms with van der Waals surface area (Å²) in [6, 6.07) is 0. The van der Waals surface area contributed by atoms with Crippen LogP contribution in [0.5, 0.6) is 0 Å². The van der Waals surface area contributed by atoms with E-state index in [1.165, 1.54) is 0 Å². The average Bonchev–Trinajstić information content (AvgIpc) is 2.46. The Bertz CT molecular complexity index is 432. The summed E-state index contributed by atoms with van der Waals surface area (Å²) in [6.45, 7) is 5.41. The van der Waals surface area contributed by atoms with Gasteiger partial charge in [0, 0.05) is 0 Å². The van der Waals surface area contributed by atoms with Crippen LogP contribution in [0.3, 0.4) is 0 Å². The molecule has 13 heteroatoms. The minimum absolute atomic E-state index is 0. The standard InChI is InChI=1S/3C5H8O4.Al/c3*1-2-9-5(8)3-4(6)7;/h3*2-3H2,1H3,(H,6,7);/q;;;+3/p-3. The van der Waals surface area contributed by atoms with Crippen LogP contribution in [-0.4, -0.2) is 73.0 Å². The number of ether oxygens (including phenoxy) is 3. The van der Waals surface area contributed by atoms with E-state index >= 15 is 0 Å². The molecule has 28 heavy (non-hydrogen) atoms. The molecular weight excluding hydrogens is 399 g/mol. The Hall–Kier alpha value is -2.65. The molecule has 0 radical (unpaired) electrons. The van der Waals surface area contributed by atoms with Crippen LogP contribution in [0.25, 0.3) is 0 Å². The molecule has 0 aromatic rings. The fraction of sp³-hybridized carbons (Fsp3) is 0.600. The van der Waals surface area contributed by atoms with Gasteiger partial charge in [-0.05, 0) is 20.8 Å². The van der Waals surface area contributed by atoms with Crippen LogP contribution in [0.1, 0.15) is 40.0 Å². The average molecular weight is 420 g/mol. The molecule has 0 aliphatic rings. The topological polar surface area (TPSA) is 199 Å². The zero-order chi connectivity index (χ0) is 21.8. The molecule has 156 valence electrons. The van der Waals surface area contributed by atoms with Crippen molar-refractivity contribution in [3.05, 3.63) is 0 Å². The second-order valence-electron chi connectivity index (χ2n) is 4.06. The van der Waals surface area contributed by atoms with E-state index in [4.69, 9.17) is 0 Å². The van der Waals surface area contributed by atoms with Gasteiger partial charge in [0.25, 0.3) is 0 Å². The summed E-state index contributed by atoms with van der Waals surface area (Å²) in [7, 11) is 0. The molecule has 0 aliphatic heterocycles. The van der Waals surface area contributed by atoms with Crippen molar-refractivity contribution in [3.63, 3.8) is 0 Å². The molecule has 0 aromatic carbocycles. The quantitative estimate of drug-likeness (QED) is 0.151. The summed E-state index contributed by atoms with van der Waals surface area (Å²) in [5, 5.41) is 29.0. The Kier molecular flexibility index (Phi) is 26.4. The van der Waals surface area contributed by atoms with Gasteiger partial charge in [-0.2, -0.15) is 0 Å². The molecule has 0 bridgehead atoms. The fourth-order valence-corrected chi connectivity index (χ4v) is 0.990. The van der Waals surface area contributed by atoms with Gasteiger partial charge < -0.3 is 43.9 Å². The van der Waals surface area contributed by atoms with E-state index < -0.39 is 55.1 Å². The number of hydrogen-bond acceptors (Lipinski definition) is 12. The number of carbonyl (C=O) groups excluding carboxylic acids is 6. The van der Waals surface area contributed by atoms with Gasteiger partial charge in [-0.15, -0.1) is 0 Å². The summed E-state index contributed by atoms with van der Waals surface area (Å²) >= 11 is 0. The number of carboxylic acids is 3. The summed E-state index contributed by atoms with van der Waals surface area (Å²) < 4.78 is 12.9. The molecule has 0 aromatic heterocycles. The first-order chi connectivity index (χ1) is 12.5. The van der Waals surface area contributed by atoms with E-state index in [1.807, 2.05) is 0 Å².